The Hall–Kier alpha value is -3.44. The van der Waals surface area contributed by atoms with Crippen molar-refractivity contribution in [1.29, 1.82) is 0 Å². The van der Waals surface area contributed by atoms with Crippen LogP contribution in [0.1, 0.15) is 45.9 Å². The molecule has 5 rings (SSSR count). The van der Waals surface area contributed by atoms with Crippen LogP contribution in [-0.4, -0.2) is 19.6 Å². The van der Waals surface area contributed by atoms with E-state index in [-0.39, 0.29) is 12.1 Å². The molecule has 2 atom stereocenters. The van der Waals surface area contributed by atoms with Crippen LogP contribution in [0.2, 0.25) is 0 Å². The van der Waals surface area contributed by atoms with Crippen molar-refractivity contribution >= 4 is 17.3 Å². The summed E-state index contributed by atoms with van der Waals surface area (Å²) in [5.74, 6) is 0. The number of nitrogens with one attached hydrogen (secondary N) is 1. The monoisotopic (exact) mass is 452 g/mol. The second-order valence-electron chi connectivity index (χ2n) is 8.64. The molecule has 2 aromatic heterocycles. The summed E-state index contributed by atoms with van der Waals surface area (Å²) in [7, 11) is 0. The molecule has 0 bridgehead atoms. The number of thiocarbonyl (C=S) groups is 1. The molecule has 0 unspecified atom stereocenters. The molecule has 166 valence electrons. The van der Waals surface area contributed by atoms with E-state index < -0.39 is 0 Å². The minimum absolute atomic E-state index is 0.00640. The SMILES string of the molecule is Cc1cc([C@H]2[C@@H](c3ccccn3)NC(=S)N2Cc2ccccc2)c(C)n1Cc1ccccc1. The van der Waals surface area contributed by atoms with Gasteiger partial charge in [-0.15, -0.1) is 0 Å². The number of pyridine rings is 1. The third-order valence-electron chi connectivity index (χ3n) is 6.51. The van der Waals surface area contributed by atoms with Crippen LogP contribution in [-0.2, 0) is 13.1 Å². The zero-order valence-electron chi connectivity index (χ0n) is 19.0. The van der Waals surface area contributed by atoms with Crippen molar-refractivity contribution in [2.75, 3.05) is 0 Å². The third kappa shape index (κ3) is 4.29. The Morgan fingerprint density at radius 3 is 2.12 bits per heavy atom. The van der Waals surface area contributed by atoms with E-state index in [0.717, 1.165) is 23.9 Å². The molecule has 1 aliphatic heterocycles. The van der Waals surface area contributed by atoms with Crippen molar-refractivity contribution in [3.63, 3.8) is 0 Å². The molecule has 2 aromatic carbocycles. The van der Waals surface area contributed by atoms with Gasteiger partial charge in [0, 0.05) is 30.7 Å². The quantitative estimate of drug-likeness (QED) is 0.379. The summed E-state index contributed by atoms with van der Waals surface area (Å²) >= 11 is 5.86. The first kappa shape index (κ1) is 21.4. The van der Waals surface area contributed by atoms with E-state index in [9.17, 15) is 0 Å². The molecular weight excluding hydrogens is 424 g/mol. The summed E-state index contributed by atoms with van der Waals surface area (Å²) in [6, 6.07) is 29.6. The van der Waals surface area contributed by atoms with Gasteiger partial charge in [0.15, 0.2) is 5.11 Å². The number of nitrogens with zero attached hydrogens (tertiary/aromatic N) is 3. The van der Waals surface area contributed by atoms with E-state index in [2.05, 4.69) is 106 Å². The first-order chi connectivity index (χ1) is 16.1. The minimum Gasteiger partial charge on any atom is -0.352 e. The summed E-state index contributed by atoms with van der Waals surface area (Å²) in [5.41, 5.74) is 7.37. The number of benzene rings is 2. The highest BCUT2D eigenvalue weighted by Gasteiger charge is 2.41. The van der Waals surface area contributed by atoms with Crippen molar-refractivity contribution in [3.8, 4) is 0 Å². The van der Waals surface area contributed by atoms with Crippen LogP contribution in [0.4, 0.5) is 0 Å². The number of aromatic nitrogens is 2. The van der Waals surface area contributed by atoms with Crippen molar-refractivity contribution in [3.05, 3.63) is 125 Å². The molecule has 0 amide bonds. The average Bonchev–Trinajstić information content (AvgIpc) is 3.31. The van der Waals surface area contributed by atoms with Gasteiger partial charge in [-0.3, -0.25) is 4.98 Å². The molecular formula is C28H28N4S. The first-order valence-corrected chi connectivity index (χ1v) is 11.7. The van der Waals surface area contributed by atoms with Gasteiger partial charge in [-0.25, -0.2) is 0 Å². The van der Waals surface area contributed by atoms with E-state index in [1.165, 1.54) is 28.1 Å². The summed E-state index contributed by atoms with van der Waals surface area (Å²) in [5, 5.41) is 4.35. The topological polar surface area (TPSA) is 33.1 Å². The van der Waals surface area contributed by atoms with Crippen molar-refractivity contribution in [2.24, 2.45) is 0 Å². The predicted molar refractivity (Wildman–Crippen MR) is 137 cm³/mol. The maximum atomic E-state index is 5.86. The molecule has 0 aliphatic carbocycles. The van der Waals surface area contributed by atoms with Gasteiger partial charge in [-0.1, -0.05) is 66.7 Å². The van der Waals surface area contributed by atoms with Gasteiger partial charge in [0.1, 0.15) is 0 Å². The van der Waals surface area contributed by atoms with Crippen LogP contribution in [0.5, 0.6) is 0 Å². The molecule has 1 saturated heterocycles. The Labute approximate surface area is 200 Å². The van der Waals surface area contributed by atoms with Crippen molar-refractivity contribution in [2.45, 2.75) is 39.0 Å². The fraction of sp³-hybridized carbons (Fsp3) is 0.214. The Balaban J connectivity index is 1.56. The van der Waals surface area contributed by atoms with E-state index in [1.54, 1.807) is 0 Å². The molecule has 4 nitrogen and oxygen atoms in total. The van der Waals surface area contributed by atoms with Crippen LogP contribution in [0.25, 0.3) is 0 Å². The normalized spacial score (nSPS) is 17.9. The van der Waals surface area contributed by atoms with Gasteiger partial charge >= 0.3 is 0 Å². The van der Waals surface area contributed by atoms with E-state index >= 15 is 0 Å². The summed E-state index contributed by atoms with van der Waals surface area (Å²) in [6.07, 6.45) is 1.86. The maximum Gasteiger partial charge on any atom is 0.170 e. The number of rotatable bonds is 6. The molecule has 0 saturated carbocycles. The van der Waals surface area contributed by atoms with E-state index in [4.69, 9.17) is 12.2 Å². The summed E-state index contributed by atoms with van der Waals surface area (Å²) < 4.78 is 2.40. The molecule has 1 N–H and O–H groups in total. The highest BCUT2D eigenvalue weighted by molar-refractivity contribution is 7.80. The van der Waals surface area contributed by atoms with Gasteiger partial charge in [0.25, 0.3) is 0 Å². The number of aryl methyl sites for hydroxylation is 1. The molecule has 1 fully saturated rings. The van der Waals surface area contributed by atoms with Crippen molar-refractivity contribution in [1.82, 2.24) is 19.8 Å². The van der Waals surface area contributed by atoms with Gasteiger partial charge < -0.3 is 14.8 Å². The molecule has 4 aromatic rings. The second kappa shape index (κ2) is 9.20. The van der Waals surface area contributed by atoms with Gasteiger partial charge in [0.2, 0.25) is 0 Å². The molecule has 33 heavy (non-hydrogen) atoms. The zero-order valence-corrected chi connectivity index (χ0v) is 19.8. The fourth-order valence-corrected chi connectivity index (χ4v) is 5.14. The lowest BCUT2D eigenvalue weighted by Gasteiger charge is -2.28. The Morgan fingerprint density at radius 1 is 0.848 bits per heavy atom. The predicted octanol–water partition coefficient (Wildman–Crippen LogP) is 5.72. The van der Waals surface area contributed by atoms with Crippen LogP contribution < -0.4 is 5.32 Å². The highest BCUT2D eigenvalue weighted by atomic mass is 32.1. The summed E-state index contributed by atoms with van der Waals surface area (Å²) in [6.45, 7) is 6.03. The Morgan fingerprint density at radius 2 is 1.48 bits per heavy atom. The molecule has 5 heteroatoms. The number of hydrogen-bond donors (Lipinski definition) is 1. The smallest absolute Gasteiger partial charge is 0.170 e. The highest BCUT2D eigenvalue weighted by Crippen LogP contribution is 2.41. The van der Waals surface area contributed by atoms with Crippen molar-refractivity contribution < 1.29 is 0 Å². The minimum atomic E-state index is -0.00640. The molecule has 0 radical (unpaired) electrons. The Bertz CT molecular complexity index is 1240. The largest absolute Gasteiger partial charge is 0.352 e. The Kier molecular flexibility index (Phi) is 5.97. The lowest BCUT2D eigenvalue weighted by molar-refractivity contribution is 0.310. The van der Waals surface area contributed by atoms with E-state index in [0.29, 0.717) is 0 Å². The van der Waals surface area contributed by atoms with Crippen LogP contribution in [0.3, 0.4) is 0 Å². The maximum absolute atomic E-state index is 5.86. The summed E-state index contributed by atoms with van der Waals surface area (Å²) in [4.78, 5) is 7.00. The van der Waals surface area contributed by atoms with Gasteiger partial charge in [0.05, 0.1) is 17.8 Å². The third-order valence-corrected chi connectivity index (χ3v) is 6.86. The van der Waals surface area contributed by atoms with Crippen LogP contribution in [0, 0.1) is 13.8 Å². The lowest BCUT2D eigenvalue weighted by Crippen LogP contribution is -2.29. The fourth-order valence-electron chi connectivity index (χ4n) is 4.83. The zero-order chi connectivity index (χ0) is 22.8. The van der Waals surface area contributed by atoms with Crippen LogP contribution in [0.15, 0.2) is 91.1 Å². The number of hydrogen-bond acceptors (Lipinski definition) is 2. The molecule has 0 spiro atoms. The van der Waals surface area contributed by atoms with Gasteiger partial charge in [-0.05, 0) is 61.0 Å². The molecule has 3 heterocycles. The standard InChI is InChI=1S/C28H28N4S/c1-20-17-24(21(2)31(20)18-22-11-5-3-6-12-22)27-26(25-15-9-10-16-29-25)30-28(33)32(27)19-23-13-7-4-8-14-23/h3-17,26-27H,18-19H2,1-2H3,(H,30,33)/t26-,27+/m1/s1. The second-order valence-corrected chi connectivity index (χ2v) is 9.03. The lowest BCUT2D eigenvalue weighted by atomic mass is 9.96. The van der Waals surface area contributed by atoms with Gasteiger partial charge in [-0.2, -0.15) is 0 Å². The van der Waals surface area contributed by atoms with Crippen LogP contribution >= 0.6 is 12.2 Å². The first-order valence-electron chi connectivity index (χ1n) is 11.3. The van der Waals surface area contributed by atoms with E-state index in [1.807, 2.05) is 18.3 Å². The average molecular weight is 453 g/mol. The molecule has 1 aliphatic rings.